The van der Waals surface area contributed by atoms with Crippen LogP contribution in [0, 0.1) is 27.7 Å². The lowest BCUT2D eigenvalue weighted by molar-refractivity contribution is 1.33. The lowest BCUT2D eigenvalue weighted by Crippen LogP contribution is -1.80. The van der Waals surface area contributed by atoms with E-state index in [0.717, 1.165) is 16.6 Å². The zero-order chi connectivity index (χ0) is 30.7. The molecule has 0 amide bonds. The number of aromatic nitrogens is 4. The molecule has 4 aromatic heterocycles. The van der Waals surface area contributed by atoms with Gasteiger partial charge in [-0.1, -0.05) is 78.9 Å². The molecule has 216 valence electrons. The van der Waals surface area contributed by atoms with Crippen molar-refractivity contribution in [2.75, 3.05) is 0 Å². The highest BCUT2D eigenvalue weighted by molar-refractivity contribution is 5.84. The number of rotatable bonds is 0. The van der Waals surface area contributed by atoms with Crippen molar-refractivity contribution in [2.24, 2.45) is 0 Å². The molecule has 0 saturated heterocycles. The Morgan fingerprint density at radius 3 is 1.93 bits per heavy atom. The van der Waals surface area contributed by atoms with Crippen molar-refractivity contribution in [1.82, 2.24) is 19.9 Å². The average Bonchev–Trinajstić information content (AvgIpc) is 3.06. The minimum absolute atomic E-state index is 1.07. The summed E-state index contributed by atoms with van der Waals surface area (Å²) in [5.41, 5.74) is 8.25. The van der Waals surface area contributed by atoms with Crippen molar-refractivity contribution in [3.63, 3.8) is 0 Å². The van der Waals surface area contributed by atoms with E-state index in [1.54, 1.807) is 0 Å². The summed E-state index contributed by atoms with van der Waals surface area (Å²) in [5.74, 6) is 0. The summed E-state index contributed by atoms with van der Waals surface area (Å²) in [6, 6.07) is 39.1. The van der Waals surface area contributed by atoms with Gasteiger partial charge in [-0.25, -0.2) is 0 Å². The Hall–Kier alpha value is -5.48. The van der Waals surface area contributed by atoms with Crippen LogP contribution in [0.3, 0.4) is 0 Å². The SMILES string of the molecule is Cc1ccc2cccnc2c1.Cc1cccc2cccnc12.Cc1cccc2ccncc12.Cc1cnc2ccccc2c1. The first kappa shape index (κ1) is 30.0. The highest BCUT2D eigenvalue weighted by Gasteiger charge is 1.95. The molecule has 0 unspecified atom stereocenters. The molecule has 0 fully saturated rings. The molecule has 8 aromatic rings. The number of hydrogen-bond donors (Lipinski definition) is 0. The highest BCUT2D eigenvalue weighted by atomic mass is 14.7. The van der Waals surface area contributed by atoms with Crippen molar-refractivity contribution in [2.45, 2.75) is 27.7 Å². The van der Waals surface area contributed by atoms with Gasteiger partial charge in [0.05, 0.1) is 16.6 Å². The lowest BCUT2D eigenvalue weighted by atomic mass is 10.1. The maximum absolute atomic E-state index is 4.28. The topological polar surface area (TPSA) is 51.6 Å². The first-order valence-electron chi connectivity index (χ1n) is 14.7. The van der Waals surface area contributed by atoms with E-state index in [-0.39, 0.29) is 0 Å². The summed E-state index contributed by atoms with van der Waals surface area (Å²) in [7, 11) is 0. The molecule has 8 rings (SSSR count). The fourth-order valence-electron chi connectivity index (χ4n) is 4.88. The van der Waals surface area contributed by atoms with Gasteiger partial charge < -0.3 is 0 Å². The summed E-state index contributed by atoms with van der Waals surface area (Å²) in [4.78, 5) is 16.9. The molecule has 4 heterocycles. The fourth-order valence-corrected chi connectivity index (χ4v) is 4.88. The Labute approximate surface area is 259 Å². The fraction of sp³-hybridized carbons (Fsp3) is 0.100. The second-order valence-corrected chi connectivity index (χ2v) is 10.7. The van der Waals surface area contributed by atoms with Crippen molar-refractivity contribution < 1.29 is 0 Å². The smallest absolute Gasteiger partial charge is 0.0731 e. The largest absolute Gasteiger partial charge is 0.264 e. The molecule has 0 saturated carbocycles. The third-order valence-electron chi connectivity index (χ3n) is 7.22. The maximum atomic E-state index is 4.28. The van der Waals surface area contributed by atoms with Gasteiger partial charge in [-0.05, 0) is 91.7 Å². The van der Waals surface area contributed by atoms with Crippen LogP contribution in [0.25, 0.3) is 43.5 Å². The zero-order valence-electron chi connectivity index (χ0n) is 25.6. The average molecular weight is 573 g/mol. The molecule has 0 N–H and O–H groups in total. The first-order chi connectivity index (χ1) is 21.5. The van der Waals surface area contributed by atoms with Crippen LogP contribution in [0.1, 0.15) is 22.3 Å². The van der Waals surface area contributed by atoms with Crippen LogP contribution in [0.15, 0.2) is 146 Å². The van der Waals surface area contributed by atoms with E-state index in [1.165, 1.54) is 49.2 Å². The molecule has 0 bridgehead atoms. The summed E-state index contributed by atoms with van der Waals surface area (Å²) in [6.45, 7) is 8.31. The Morgan fingerprint density at radius 1 is 0.409 bits per heavy atom. The number of para-hydroxylation sites is 2. The van der Waals surface area contributed by atoms with Gasteiger partial charge in [-0.3, -0.25) is 19.9 Å². The van der Waals surface area contributed by atoms with Crippen LogP contribution in [0.5, 0.6) is 0 Å². The number of pyridine rings is 4. The minimum Gasteiger partial charge on any atom is -0.264 e. The van der Waals surface area contributed by atoms with Gasteiger partial charge in [0.2, 0.25) is 0 Å². The van der Waals surface area contributed by atoms with Gasteiger partial charge >= 0.3 is 0 Å². The molecule has 0 aliphatic rings. The number of benzene rings is 4. The Kier molecular flexibility index (Phi) is 9.96. The van der Waals surface area contributed by atoms with E-state index >= 15 is 0 Å². The van der Waals surface area contributed by atoms with Crippen molar-refractivity contribution in [1.29, 1.82) is 0 Å². The van der Waals surface area contributed by atoms with Gasteiger partial charge in [0.15, 0.2) is 0 Å². The summed E-state index contributed by atoms with van der Waals surface area (Å²) < 4.78 is 0. The van der Waals surface area contributed by atoms with Crippen molar-refractivity contribution in [3.05, 3.63) is 168 Å². The number of hydrogen-bond acceptors (Lipinski definition) is 4. The number of aryl methyl sites for hydroxylation is 4. The zero-order valence-corrected chi connectivity index (χ0v) is 25.6. The Morgan fingerprint density at radius 2 is 1.11 bits per heavy atom. The maximum Gasteiger partial charge on any atom is 0.0731 e. The van der Waals surface area contributed by atoms with Crippen molar-refractivity contribution in [3.8, 4) is 0 Å². The molecule has 0 spiro atoms. The second-order valence-electron chi connectivity index (χ2n) is 10.7. The van der Waals surface area contributed by atoms with Gasteiger partial charge in [0, 0.05) is 52.5 Å². The molecular weight excluding hydrogens is 536 g/mol. The Balaban J connectivity index is 0.000000116. The minimum atomic E-state index is 1.07. The summed E-state index contributed by atoms with van der Waals surface area (Å²) >= 11 is 0. The van der Waals surface area contributed by atoms with E-state index in [9.17, 15) is 0 Å². The van der Waals surface area contributed by atoms with E-state index in [4.69, 9.17) is 0 Å². The quantitative estimate of drug-likeness (QED) is 0.181. The van der Waals surface area contributed by atoms with Crippen LogP contribution >= 0.6 is 0 Å². The monoisotopic (exact) mass is 572 g/mol. The van der Waals surface area contributed by atoms with Gasteiger partial charge in [-0.2, -0.15) is 0 Å². The normalized spacial score (nSPS) is 10.3. The number of fused-ring (bicyclic) bond motifs is 4. The highest BCUT2D eigenvalue weighted by Crippen LogP contribution is 2.16. The summed E-state index contributed by atoms with van der Waals surface area (Å²) in [6.07, 6.45) is 9.27. The predicted molar refractivity (Wildman–Crippen MR) is 186 cm³/mol. The standard InChI is InChI=1S/4C10H9N/c1-8-4-2-5-9-6-3-7-11-10(8)9;1-8-4-5-9-3-2-6-11-10(9)7-8;1-8-3-2-4-9-5-6-11-7-10(8)9;1-8-6-9-4-2-3-5-10(9)11-7-8/h4*2-7H,1H3. The van der Waals surface area contributed by atoms with Gasteiger partial charge in [0.1, 0.15) is 0 Å². The molecule has 0 radical (unpaired) electrons. The van der Waals surface area contributed by atoms with E-state index in [2.05, 4.69) is 126 Å². The van der Waals surface area contributed by atoms with Crippen LogP contribution in [-0.2, 0) is 0 Å². The summed E-state index contributed by atoms with van der Waals surface area (Å²) in [5, 5.41) is 6.15. The molecule has 0 aliphatic heterocycles. The second kappa shape index (κ2) is 14.6. The van der Waals surface area contributed by atoms with Crippen LogP contribution in [-0.4, -0.2) is 19.9 Å². The van der Waals surface area contributed by atoms with Crippen molar-refractivity contribution >= 4 is 43.5 Å². The van der Waals surface area contributed by atoms with Gasteiger partial charge in [0.25, 0.3) is 0 Å². The molecule has 4 heteroatoms. The van der Waals surface area contributed by atoms with Crippen LogP contribution in [0.2, 0.25) is 0 Å². The molecular formula is C40H36N4. The molecule has 4 aromatic carbocycles. The molecule has 4 nitrogen and oxygen atoms in total. The molecule has 0 aliphatic carbocycles. The third kappa shape index (κ3) is 7.87. The van der Waals surface area contributed by atoms with E-state index in [1.807, 2.05) is 67.4 Å². The van der Waals surface area contributed by atoms with Gasteiger partial charge in [-0.15, -0.1) is 0 Å². The molecule has 44 heavy (non-hydrogen) atoms. The third-order valence-corrected chi connectivity index (χ3v) is 7.22. The first-order valence-corrected chi connectivity index (χ1v) is 14.7. The van der Waals surface area contributed by atoms with E-state index < -0.39 is 0 Å². The lowest BCUT2D eigenvalue weighted by Gasteiger charge is -1.98. The predicted octanol–water partition coefficient (Wildman–Crippen LogP) is 10.2. The Bertz CT molecular complexity index is 1960. The number of nitrogens with zero attached hydrogens (tertiary/aromatic N) is 4. The van der Waals surface area contributed by atoms with Crippen LogP contribution in [0.4, 0.5) is 0 Å². The van der Waals surface area contributed by atoms with Crippen LogP contribution < -0.4 is 0 Å². The molecule has 0 atom stereocenters. The van der Waals surface area contributed by atoms with E-state index in [0.29, 0.717) is 0 Å².